The predicted molar refractivity (Wildman–Crippen MR) is 104 cm³/mol. The Morgan fingerprint density at radius 1 is 1.20 bits per heavy atom. The van der Waals surface area contributed by atoms with Crippen molar-refractivity contribution in [2.75, 3.05) is 13.7 Å². The molecule has 1 N–H and O–H groups in total. The number of rotatable bonds is 6. The van der Waals surface area contributed by atoms with Crippen molar-refractivity contribution < 1.29 is 23.1 Å². The Morgan fingerprint density at radius 3 is 2.67 bits per heavy atom. The Bertz CT molecular complexity index is 1050. The summed E-state index contributed by atoms with van der Waals surface area (Å²) in [5.74, 6) is 0.931. The fraction of sp³-hybridized carbons (Fsp3) is 0.250. The van der Waals surface area contributed by atoms with E-state index in [2.05, 4.69) is 25.2 Å². The zero-order chi connectivity index (χ0) is 21.1. The molecule has 0 saturated heterocycles. The number of hydrogen-bond donors (Lipinski definition) is 1. The van der Waals surface area contributed by atoms with Gasteiger partial charge < -0.3 is 14.0 Å². The van der Waals surface area contributed by atoms with Crippen LogP contribution in [0.5, 0.6) is 11.6 Å². The van der Waals surface area contributed by atoms with Crippen molar-refractivity contribution in [3.8, 4) is 17.3 Å². The molecule has 0 aliphatic carbocycles. The van der Waals surface area contributed by atoms with E-state index in [0.717, 1.165) is 16.9 Å². The molecule has 10 heteroatoms. The van der Waals surface area contributed by atoms with Crippen LogP contribution in [0.3, 0.4) is 0 Å². The van der Waals surface area contributed by atoms with Gasteiger partial charge in [0.1, 0.15) is 29.8 Å². The Kier molecular flexibility index (Phi) is 5.57. The summed E-state index contributed by atoms with van der Waals surface area (Å²) in [6, 6.07) is 9.62. The Morgan fingerprint density at radius 2 is 2.00 bits per heavy atom. The molecular formula is C20H19F2N5O3. The number of ether oxygens (including phenoxy) is 2. The zero-order valence-electron chi connectivity index (χ0n) is 16.3. The number of pyridine rings is 1. The quantitative estimate of drug-likeness (QED) is 0.666. The summed E-state index contributed by atoms with van der Waals surface area (Å²) in [5, 5.41) is 0. The van der Waals surface area contributed by atoms with Crippen molar-refractivity contribution >= 4 is 5.84 Å². The van der Waals surface area contributed by atoms with Gasteiger partial charge in [0, 0.05) is 6.20 Å². The van der Waals surface area contributed by atoms with E-state index in [4.69, 9.17) is 9.57 Å². The van der Waals surface area contributed by atoms with E-state index < -0.39 is 6.61 Å². The third-order valence-corrected chi connectivity index (χ3v) is 4.45. The second-order valence-electron chi connectivity index (χ2n) is 6.50. The van der Waals surface area contributed by atoms with Gasteiger partial charge >= 0.3 is 6.61 Å². The molecule has 2 aromatic heterocycles. The van der Waals surface area contributed by atoms with Gasteiger partial charge in [0.15, 0.2) is 5.84 Å². The summed E-state index contributed by atoms with van der Waals surface area (Å²) < 4.78 is 36.3. The van der Waals surface area contributed by atoms with E-state index in [1.807, 2.05) is 23.8 Å². The molecule has 4 rings (SSSR count). The van der Waals surface area contributed by atoms with Crippen LogP contribution in [0.25, 0.3) is 5.69 Å². The zero-order valence-corrected chi connectivity index (χ0v) is 16.3. The lowest BCUT2D eigenvalue weighted by atomic mass is 10.1. The van der Waals surface area contributed by atoms with Crippen molar-refractivity contribution in [1.29, 1.82) is 0 Å². The van der Waals surface area contributed by atoms with Crippen LogP contribution in [0.1, 0.15) is 23.0 Å². The smallest absolute Gasteiger partial charge is 0.387 e. The number of nitrogens with zero attached hydrogens (tertiary/aromatic N) is 4. The highest BCUT2D eigenvalue weighted by molar-refractivity contribution is 5.97. The number of aryl methyl sites for hydroxylation is 1. The van der Waals surface area contributed by atoms with Crippen LogP contribution < -0.4 is 15.0 Å². The maximum Gasteiger partial charge on any atom is 0.387 e. The number of hydroxylamine groups is 1. The number of methoxy groups -OCH3 is 1. The number of alkyl halides is 2. The largest absolute Gasteiger partial charge is 0.479 e. The van der Waals surface area contributed by atoms with Gasteiger partial charge in [-0.2, -0.15) is 8.78 Å². The number of nitrogens with one attached hydrogen (secondary N) is 1. The molecule has 0 radical (unpaired) electrons. The number of halogens is 2. The summed E-state index contributed by atoms with van der Waals surface area (Å²) in [6.07, 6.45) is 3.56. The number of hydrogen-bond acceptors (Lipinski definition) is 7. The minimum atomic E-state index is -2.86. The monoisotopic (exact) mass is 415 g/mol. The molecule has 0 fully saturated rings. The highest BCUT2D eigenvalue weighted by Gasteiger charge is 2.21. The van der Waals surface area contributed by atoms with Crippen LogP contribution in [0.4, 0.5) is 8.78 Å². The number of amidine groups is 1. The second-order valence-corrected chi connectivity index (χ2v) is 6.50. The van der Waals surface area contributed by atoms with Gasteiger partial charge in [-0.05, 0) is 36.8 Å². The Balaban J connectivity index is 1.59. The molecule has 0 spiro atoms. The third kappa shape index (κ3) is 4.23. The van der Waals surface area contributed by atoms with Crippen LogP contribution in [-0.4, -0.2) is 40.7 Å². The molecule has 156 valence electrons. The predicted octanol–water partition coefficient (Wildman–Crippen LogP) is 3.21. The van der Waals surface area contributed by atoms with Crippen molar-refractivity contribution in [3.05, 3.63) is 65.9 Å². The average Bonchev–Trinajstić information content (AvgIpc) is 3.19. The molecule has 1 atom stereocenters. The van der Waals surface area contributed by atoms with Crippen molar-refractivity contribution in [3.63, 3.8) is 0 Å². The van der Waals surface area contributed by atoms with Gasteiger partial charge in [-0.3, -0.25) is 9.83 Å². The number of imidazole rings is 1. The minimum Gasteiger partial charge on any atom is -0.479 e. The van der Waals surface area contributed by atoms with E-state index in [1.165, 1.54) is 19.2 Å². The topological polar surface area (TPSA) is 82.8 Å². The Hall–Kier alpha value is -3.53. The summed E-state index contributed by atoms with van der Waals surface area (Å²) in [6.45, 7) is -0.685. The van der Waals surface area contributed by atoms with Gasteiger partial charge in [0.05, 0.1) is 19.1 Å². The molecule has 3 heterocycles. The molecule has 3 aromatic rings. The third-order valence-electron chi connectivity index (χ3n) is 4.45. The van der Waals surface area contributed by atoms with Crippen LogP contribution >= 0.6 is 0 Å². The first-order valence-corrected chi connectivity index (χ1v) is 9.10. The SMILES string of the molecule is COc1nc(C2=NC(c3ccc(OC(F)F)cc3)CON2)ccc1-n1cnc(C)c1. The van der Waals surface area contributed by atoms with Gasteiger partial charge in [-0.25, -0.2) is 15.4 Å². The van der Waals surface area contributed by atoms with Gasteiger partial charge in [-0.15, -0.1) is 0 Å². The highest BCUT2D eigenvalue weighted by Crippen LogP contribution is 2.26. The summed E-state index contributed by atoms with van der Waals surface area (Å²) in [5.41, 5.74) is 5.73. The minimum absolute atomic E-state index is 0.0875. The summed E-state index contributed by atoms with van der Waals surface area (Å²) in [4.78, 5) is 18.9. The molecular weight excluding hydrogens is 396 g/mol. The Labute approximate surface area is 171 Å². The van der Waals surface area contributed by atoms with Crippen molar-refractivity contribution in [1.82, 2.24) is 20.0 Å². The molecule has 0 bridgehead atoms. The normalized spacial score (nSPS) is 16.2. The van der Waals surface area contributed by atoms with Crippen LogP contribution in [0.2, 0.25) is 0 Å². The van der Waals surface area contributed by atoms with E-state index in [1.54, 1.807) is 24.5 Å². The molecule has 0 saturated carbocycles. The summed E-state index contributed by atoms with van der Waals surface area (Å²) >= 11 is 0. The maximum atomic E-state index is 12.3. The van der Waals surface area contributed by atoms with Crippen LogP contribution in [0, 0.1) is 6.92 Å². The van der Waals surface area contributed by atoms with Gasteiger partial charge in [0.2, 0.25) is 5.88 Å². The van der Waals surface area contributed by atoms with Crippen LogP contribution in [0.15, 0.2) is 53.9 Å². The fourth-order valence-corrected chi connectivity index (χ4v) is 3.03. The number of aliphatic imine (C=N–C) groups is 1. The first-order chi connectivity index (χ1) is 14.5. The average molecular weight is 415 g/mol. The van der Waals surface area contributed by atoms with E-state index in [-0.39, 0.29) is 18.4 Å². The van der Waals surface area contributed by atoms with E-state index in [0.29, 0.717) is 17.4 Å². The van der Waals surface area contributed by atoms with Gasteiger partial charge in [-0.1, -0.05) is 12.1 Å². The second kappa shape index (κ2) is 8.46. The van der Waals surface area contributed by atoms with Crippen molar-refractivity contribution in [2.24, 2.45) is 4.99 Å². The molecule has 30 heavy (non-hydrogen) atoms. The van der Waals surface area contributed by atoms with Gasteiger partial charge in [0.25, 0.3) is 0 Å². The lowest BCUT2D eigenvalue weighted by Crippen LogP contribution is -2.33. The standard InChI is InChI=1S/C20H19F2N5O3/c1-12-9-27(11-23-12)17-8-7-15(25-19(17)28-2)18-24-16(10-29-26-18)13-3-5-14(6-4-13)30-20(21)22/h3-9,11,16,20H,10H2,1-2H3,(H,24,26). The highest BCUT2D eigenvalue weighted by atomic mass is 19.3. The molecule has 1 aliphatic heterocycles. The molecule has 1 unspecified atom stereocenters. The first kappa shape index (κ1) is 19.8. The molecule has 1 aromatic carbocycles. The maximum absolute atomic E-state index is 12.3. The lowest BCUT2D eigenvalue weighted by molar-refractivity contribution is -0.0498. The first-order valence-electron chi connectivity index (χ1n) is 9.10. The summed E-state index contributed by atoms with van der Waals surface area (Å²) in [7, 11) is 1.54. The fourth-order valence-electron chi connectivity index (χ4n) is 3.03. The van der Waals surface area contributed by atoms with Crippen molar-refractivity contribution in [2.45, 2.75) is 19.6 Å². The van der Waals surface area contributed by atoms with E-state index >= 15 is 0 Å². The molecule has 8 nitrogen and oxygen atoms in total. The molecule has 1 aliphatic rings. The number of aromatic nitrogens is 3. The lowest BCUT2D eigenvalue weighted by Gasteiger charge is -2.22. The van der Waals surface area contributed by atoms with E-state index in [9.17, 15) is 8.78 Å². The molecule has 0 amide bonds. The van der Waals surface area contributed by atoms with Crippen LogP contribution in [-0.2, 0) is 4.84 Å². The number of benzene rings is 1.